The molecule has 1 aliphatic rings. The summed E-state index contributed by atoms with van der Waals surface area (Å²) < 4.78 is 39.2. The Hall–Kier alpha value is -1.07. The van der Waals surface area contributed by atoms with Crippen LogP contribution in [0.2, 0.25) is 0 Å². The summed E-state index contributed by atoms with van der Waals surface area (Å²) in [6.07, 6.45) is -2.44. The molecule has 1 aromatic rings. The van der Waals surface area contributed by atoms with Gasteiger partial charge in [0.05, 0.1) is 6.10 Å². The third-order valence-electron chi connectivity index (χ3n) is 3.66. The SMILES string of the molecule is OC1CCCC1CNC(c1ccccc1)C(F)(F)F. The van der Waals surface area contributed by atoms with Gasteiger partial charge in [-0.2, -0.15) is 13.2 Å². The van der Waals surface area contributed by atoms with Crippen molar-refractivity contribution >= 4 is 0 Å². The number of aliphatic hydroxyl groups excluding tert-OH is 1. The number of benzene rings is 1. The van der Waals surface area contributed by atoms with E-state index in [4.69, 9.17) is 0 Å². The Bertz CT molecular complexity index is 393. The van der Waals surface area contributed by atoms with Crippen molar-refractivity contribution in [2.45, 2.75) is 37.6 Å². The van der Waals surface area contributed by atoms with Gasteiger partial charge in [0.2, 0.25) is 0 Å². The molecule has 2 rings (SSSR count). The van der Waals surface area contributed by atoms with Crippen LogP contribution in [-0.2, 0) is 0 Å². The second-order valence-electron chi connectivity index (χ2n) is 5.05. The van der Waals surface area contributed by atoms with Gasteiger partial charge < -0.3 is 10.4 Å². The number of halogens is 3. The minimum atomic E-state index is -4.33. The standard InChI is InChI=1S/C14H18F3NO/c15-14(16,17)13(10-5-2-1-3-6-10)18-9-11-7-4-8-12(11)19/h1-3,5-6,11-13,18-19H,4,7-9H2. The van der Waals surface area contributed by atoms with Gasteiger partial charge in [0, 0.05) is 6.54 Å². The van der Waals surface area contributed by atoms with Crippen molar-refractivity contribution in [1.29, 1.82) is 0 Å². The van der Waals surface area contributed by atoms with Crippen LogP contribution in [0.25, 0.3) is 0 Å². The fourth-order valence-corrected chi connectivity index (χ4v) is 2.59. The molecule has 1 fully saturated rings. The Balaban J connectivity index is 2.03. The van der Waals surface area contributed by atoms with Crippen molar-refractivity contribution in [2.24, 2.45) is 5.92 Å². The third-order valence-corrected chi connectivity index (χ3v) is 3.66. The molecule has 2 N–H and O–H groups in total. The van der Waals surface area contributed by atoms with E-state index in [1.807, 2.05) is 0 Å². The minimum Gasteiger partial charge on any atom is -0.393 e. The third kappa shape index (κ3) is 3.70. The zero-order valence-corrected chi connectivity index (χ0v) is 10.5. The molecule has 0 spiro atoms. The Morgan fingerprint density at radius 3 is 2.42 bits per heavy atom. The smallest absolute Gasteiger partial charge is 0.393 e. The molecule has 1 aliphatic carbocycles. The maximum absolute atomic E-state index is 13.1. The van der Waals surface area contributed by atoms with Crippen molar-refractivity contribution < 1.29 is 18.3 Å². The van der Waals surface area contributed by atoms with Crippen LogP contribution < -0.4 is 5.32 Å². The van der Waals surface area contributed by atoms with Crippen LogP contribution in [0.1, 0.15) is 30.9 Å². The molecule has 0 saturated heterocycles. The monoisotopic (exact) mass is 273 g/mol. The molecule has 0 heterocycles. The molecular formula is C14H18F3NO. The molecule has 19 heavy (non-hydrogen) atoms. The van der Waals surface area contributed by atoms with E-state index in [9.17, 15) is 18.3 Å². The number of hydrogen-bond acceptors (Lipinski definition) is 2. The summed E-state index contributed by atoms with van der Waals surface area (Å²) in [6, 6.07) is 6.16. The molecule has 106 valence electrons. The largest absolute Gasteiger partial charge is 0.407 e. The lowest BCUT2D eigenvalue weighted by Crippen LogP contribution is -2.38. The lowest BCUT2D eigenvalue weighted by Gasteiger charge is -2.24. The number of rotatable bonds is 4. The molecule has 2 nitrogen and oxygen atoms in total. The molecule has 1 aromatic carbocycles. The lowest BCUT2D eigenvalue weighted by molar-refractivity contribution is -0.158. The maximum Gasteiger partial charge on any atom is 0.407 e. The maximum atomic E-state index is 13.1. The quantitative estimate of drug-likeness (QED) is 0.883. The highest BCUT2D eigenvalue weighted by atomic mass is 19.4. The van der Waals surface area contributed by atoms with Gasteiger partial charge in [-0.05, 0) is 24.3 Å². The molecule has 0 amide bonds. The van der Waals surface area contributed by atoms with E-state index < -0.39 is 18.3 Å². The first-order valence-electron chi connectivity index (χ1n) is 6.51. The summed E-state index contributed by atoms with van der Waals surface area (Å²) in [6.45, 7) is 0.195. The van der Waals surface area contributed by atoms with Crippen LogP contribution in [0.4, 0.5) is 13.2 Å². The lowest BCUT2D eigenvalue weighted by atomic mass is 10.0. The predicted molar refractivity (Wildman–Crippen MR) is 66.6 cm³/mol. The van der Waals surface area contributed by atoms with Gasteiger partial charge in [0.15, 0.2) is 0 Å². The predicted octanol–water partition coefficient (Wildman–Crippen LogP) is 3.04. The average molecular weight is 273 g/mol. The highest BCUT2D eigenvalue weighted by Gasteiger charge is 2.41. The van der Waals surface area contributed by atoms with E-state index in [2.05, 4.69) is 5.32 Å². The summed E-state index contributed by atoms with van der Waals surface area (Å²) in [5, 5.41) is 12.2. The van der Waals surface area contributed by atoms with E-state index >= 15 is 0 Å². The van der Waals surface area contributed by atoms with Gasteiger partial charge in [-0.15, -0.1) is 0 Å². The molecule has 3 atom stereocenters. The topological polar surface area (TPSA) is 32.3 Å². The van der Waals surface area contributed by atoms with E-state index in [0.29, 0.717) is 6.42 Å². The van der Waals surface area contributed by atoms with E-state index in [1.54, 1.807) is 18.2 Å². The summed E-state index contributed by atoms with van der Waals surface area (Å²) in [5.41, 5.74) is 0.211. The second kappa shape index (κ2) is 5.92. The first-order valence-corrected chi connectivity index (χ1v) is 6.51. The summed E-state index contributed by atoms with van der Waals surface area (Å²) >= 11 is 0. The fourth-order valence-electron chi connectivity index (χ4n) is 2.59. The van der Waals surface area contributed by atoms with E-state index in [1.165, 1.54) is 12.1 Å². The van der Waals surface area contributed by atoms with Gasteiger partial charge in [-0.1, -0.05) is 36.8 Å². The molecule has 3 unspecified atom stereocenters. The van der Waals surface area contributed by atoms with Crippen LogP contribution in [0.5, 0.6) is 0 Å². The summed E-state index contributed by atoms with van der Waals surface area (Å²) in [4.78, 5) is 0. The van der Waals surface area contributed by atoms with Crippen LogP contribution in [0, 0.1) is 5.92 Å². The fraction of sp³-hybridized carbons (Fsp3) is 0.571. The van der Waals surface area contributed by atoms with E-state index in [0.717, 1.165) is 12.8 Å². The second-order valence-corrected chi connectivity index (χ2v) is 5.05. The van der Waals surface area contributed by atoms with Crippen LogP contribution in [0.15, 0.2) is 30.3 Å². The molecule has 1 saturated carbocycles. The Kier molecular flexibility index (Phi) is 4.47. The van der Waals surface area contributed by atoms with Gasteiger partial charge in [0.25, 0.3) is 0 Å². The van der Waals surface area contributed by atoms with Gasteiger partial charge in [0.1, 0.15) is 6.04 Å². The number of hydrogen-bond donors (Lipinski definition) is 2. The molecule has 5 heteroatoms. The zero-order chi connectivity index (χ0) is 13.9. The molecule has 0 aromatic heterocycles. The van der Waals surface area contributed by atoms with Crippen molar-refractivity contribution in [3.8, 4) is 0 Å². The minimum absolute atomic E-state index is 0.0754. The van der Waals surface area contributed by atoms with Crippen molar-refractivity contribution in [3.63, 3.8) is 0 Å². The van der Waals surface area contributed by atoms with Crippen molar-refractivity contribution in [1.82, 2.24) is 5.32 Å². The number of nitrogens with one attached hydrogen (secondary N) is 1. The Morgan fingerprint density at radius 1 is 1.21 bits per heavy atom. The number of aliphatic hydroxyl groups is 1. The summed E-state index contributed by atoms with van der Waals surface area (Å²) in [7, 11) is 0. The first-order chi connectivity index (χ1) is 8.98. The van der Waals surface area contributed by atoms with Crippen LogP contribution in [-0.4, -0.2) is 23.9 Å². The van der Waals surface area contributed by atoms with Crippen LogP contribution in [0.3, 0.4) is 0 Å². The first kappa shape index (κ1) is 14.3. The molecule has 0 aliphatic heterocycles. The van der Waals surface area contributed by atoms with Gasteiger partial charge in [-0.25, -0.2) is 0 Å². The average Bonchev–Trinajstić information content (AvgIpc) is 2.75. The normalized spacial score (nSPS) is 25.5. The highest BCUT2D eigenvalue weighted by molar-refractivity contribution is 5.20. The Labute approximate surface area is 110 Å². The molecular weight excluding hydrogens is 255 g/mol. The number of alkyl halides is 3. The molecule has 0 bridgehead atoms. The van der Waals surface area contributed by atoms with E-state index in [-0.39, 0.29) is 18.0 Å². The summed E-state index contributed by atoms with van der Waals surface area (Å²) in [5.74, 6) is -0.0754. The van der Waals surface area contributed by atoms with Crippen molar-refractivity contribution in [3.05, 3.63) is 35.9 Å². The van der Waals surface area contributed by atoms with Gasteiger partial charge in [-0.3, -0.25) is 0 Å². The van der Waals surface area contributed by atoms with Crippen molar-refractivity contribution in [2.75, 3.05) is 6.54 Å². The highest BCUT2D eigenvalue weighted by Crippen LogP contribution is 2.33. The zero-order valence-electron chi connectivity index (χ0n) is 10.5. The van der Waals surface area contributed by atoms with Gasteiger partial charge >= 0.3 is 6.18 Å². The van der Waals surface area contributed by atoms with Crippen LogP contribution >= 0.6 is 0 Å². The Morgan fingerprint density at radius 2 is 1.89 bits per heavy atom. The molecule has 0 radical (unpaired) electrons.